The van der Waals surface area contributed by atoms with Crippen LogP contribution in [0.15, 0.2) is 47.7 Å². The van der Waals surface area contributed by atoms with Gasteiger partial charge in [-0.2, -0.15) is 9.97 Å². The lowest BCUT2D eigenvalue weighted by molar-refractivity contribution is 0.414. The van der Waals surface area contributed by atoms with E-state index in [9.17, 15) is 0 Å². The second kappa shape index (κ2) is 8.71. The number of halogens is 1. The number of H-pyrrole nitrogens is 1. The number of nitrogens with zero attached hydrogens (tertiary/aromatic N) is 7. The van der Waals surface area contributed by atoms with Crippen LogP contribution in [0.2, 0.25) is 0 Å². The van der Waals surface area contributed by atoms with Crippen LogP contribution in [0, 0.1) is 0 Å². The van der Waals surface area contributed by atoms with Crippen molar-refractivity contribution in [1.82, 2.24) is 34.9 Å². The number of nitrogens with two attached hydrogens (primary N) is 1. The number of anilines is 1. The van der Waals surface area contributed by atoms with Crippen molar-refractivity contribution < 1.29 is 9.47 Å². The van der Waals surface area contributed by atoms with Crippen LogP contribution >= 0.6 is 15.9 Å². The number of nitrogens with one attached hydrogen (secondary N) is 1. The summed E-state index contributed by atoms with van der Waals surface area (Å²) in [6.45, 7) is 3.56. The van der Waals surface area contributed by atoms with Gasteiger partial charge in [0.2, 0.25) is 5.88 Å². The summed E-state index contributed by atoms with van der Waals surface area (Å²) in [4.78, 5) is 31.3. The van der Waals surface area contributed by atoms with Gasteiger partial charge in [0.05, 0.1) is 27.8 Å². The van der Waals surface area contributed by atoms with Crippen LogP contribution in [0.4, 0.5) is 5.82 Å². The van der Waals surface area contributed by atoms with Crippen LogP contribution in [-0.2, 0) is 6.42 Å². The number of hydrogen-bond donors (Lipinski definition) is 2. The second-order valence-electron chi connectivity index (χ2n) is 8.13. The predicted molar refractivity (Wildman–Crippen MR) is 133 cm³/mol. The first-order valence-electron chi connectivity index (χ1n) is 11.0. The number of hydrogen-bond acceptors (Lipinski definition) is 10. The van der Waals surface area contributed by atoms with Crippen LogP contribution in [0.5, 0.6) is 23.4 Å². The fourth-order valence-corrected chi connectivity index (χ4v) is 4.74. The van der Waals surface area contributed by atoms with E-state index in [-0.39, 0.29) is 12.1 Å². The lowest BCUT2D eigenvalue weighted by Crippen LogP contribution is -2.56. The Morgan fingerprint density at radius 2 is 1.91 bits per heavy atom. The van der Waals surface area contributed by atoms with Gasteiger partial charge < -0.3 is 25.1 Å². The number of rotatable bonds is 6. The highest BCUT2D eigenvalue weighted by Gasteiger charge is 2.26. The Kier molecular flexibility index (Phi) is 5.38. The second-order valence-corrected chi connectivity index (χ2v) is 8.92. The molecule has 5 heterocycles. The van der Waals surface area contributed by atoms with E-state index < -0.39 is 0 Å². The summed E-state index contributed by atoms with van der Waals surface area (Å²) in [6, 6.07) is 5.92. The number of ether oxygens (including phenoxy) is 2. The predicted octanol–water partition coefficient (Wildman–Crippen LogP) is 3.75. The summed E-state index contributed by atoms with van der Waals surface area (Å²) in [7, 11) is 0. The molecule has 0 saturated carbocycles. The molecule has 0 aliphatic carbocycles. The molecule has 0 atom stereocenters. The molecule has 0 bridgehead atoms. The smallest absolute Gasteiger partial charge is 0.327 e. The van der Waals surface area contributed by atoms with Crippen molar-refractivity contribution in [3.63, 3.8) is 0 Å². The van der Waals surface area contributed by atoms with E-state index in [2.05, 4.69) is 62.6 Å². The number of benzene rings is 1. The normalized spacial score (nSPS) is 13.9. The molecule has 0 radical (unpaired) electrons. The molecule has 176 valence electrons. The van der Waals surface area contributed by atoms with E-state index in [0.29, 0.717) is 23.0 Å². The lowest BCUT2D eigenvalue weighted by atomic mass is 10.1. The molecular formula is C23H20BrN9O2. The first-order chi connectivity index (χ1) is 17.1. The first-order valence-corrected chi connectivity index (χ1v) is 11.8. The van der Waals surface area contributed by atoms with Gasteiger partial charge in [-0.05, 0) is 40.5 Å². The molecule has 4 aromatic heterocycles. The maximum Gasteiger partial charge on any atom is 0.327 e. The summed E-state index contributed by atoms with van der Waals surface area (Å²) in [6.07, 6.45) is 6.84. The Morgan fingerprint density at radius 3 is 2.69 bits per heavy atom. The molecule has 1 saturated heterocycles. The zero-order valence-electron chi connectivity index (χ0n) is 18.6. The average molecular weight is 534 g/mol. The van der Waals surface area contributed by atoms with E-state index in [1.165, 1.54) is 18.7 Å². The van der Waals surface area contributed by atoms with Gasteiger partial charge in [-0.1, -0.05) is 6.92 Å². The van der Waals surface area contributed by atoms with Crippen molar-refractivity contribution in [2.75, 3.05) is 18.0 Å². The number of aryl methyl sites for hydroxylation is 1. The molecular weight excluding hydrogens is 514 g/mol. The van der Waals surface area contributed by atoms with Crippen LogP contribution in [-0.4, -0.2) is 54.0 Å². The van der Waals surface area contributed by atoms with Crippen molar-refractivity contribution >= 4 is 43.7 Å². The first kappa shape index (κ1) is 21.6. The van der Waals surface area contributed by atoms with E-state index in [1.54, 1.807) is 6.33 Å². The largest absolute Gasteiger partial charge is 0.438 e. The van der Waals surface area contributed by atoms with Crippen LogP contribution < -0.4 is 20.1 Å². The van der Waals surface area contributed by atoms with E-state index in [4.69, 9.17) is 15.2 Å². The summed E-state index contributed by atoms with van der Waals surface area (Å²) in [5, 5.41) is 1.60. The van der Waals surface area contributed by atoms with Gasteiger partial charge in [-0.15, -0.1) is 0 Å². The molecule has 1 aliphatic rings. The standard InChI is InChI=1S/C23H20BrN9O2/c1-2-16-19(24)18-20(30-16)31-23(35-14-6-26-10-27-7-14)32-22(18)34-13-3-4-17-15(5-13)21(29-11-28-17)33-8-12(25)9-33/h3-7,10-12H,2,8-9,25H2,1H3,(H,30,31,32). The molecule has 1 aromatic carbocycles. The van der Waals surface area contributed by atoms with Crippen molar-refractivity contribution in [3.8, 4) is 23.4 Å². The van der Waals surface area contributed by atoms with Gasteiger partial charge in [0.25, 0.3) is 0 Å². The van der Waals surface area contributed by atoms with E-state index in [1.807, 2.05) is 18.2 Å². The highest BCUT2D eigenvalue weighted by atomic mass is 79.9. The molecule has 0 unspecified atom stereocenters. The van der Waals surface area contributed by atoms with Crippen molar-refractivity contribution in [3.05, 3.63) is 53.4 Å². The Balaban J connectivity index is 1.42. The Morgan fingerprint density at radius 1 is 1.09 bits per heavy atom. The molecule has 0 spiro atoms. The summed E-state index contributed by atoms with van der Waals surface area (Å²) in [5.41, 5.74) is 8.36. The zero-order chi connectivity index (χ0) is 23.9. The third-order valence-electron chi connectivity index (χ3n) is 5.72. The Labute approximate surface area is 207 Å². The molecule has 1 fully saturated rings. The Hall–Kier alpha value is -3.90. The van der Waals surface area contributed by atoms with Gasteiger partial charge in [0.15, 0.2) is 5.75 Å². The van der Waals surface area contributed by atoms with Gasteiger partial charge in [-0.3, -0.25) is 0 Å². The van der Waals surface area contributed by atoms with Gasteiger partial charge in [-0.25, -0.2) is 19.9 Å². The molecule has 3 N–H and O–H groups in total. The van der Waals surface area contributed by atoms with E-state index in [0.717, 1.165) is 51.8 Å². The van der Waals surface area contributed by atoms with Gasteiger partial charge in [0, 0.05) is 30.2 Å². The molecule has 0 amide bonds. The van der Waals surface area contributed by atoms with Gasteiger partial charge >= 0.3 is 6.01 Å². The maximum atomic E-state index is 6.31. The minimum absolute atomic E-state index is 0.109. The summed E-state index contributed by atoms with van der Waals surface area (Å²) >= 11 is 3.67. The average Bonchev–Trinajstić information content (AvgIpc) is 3.18. The monoisotopic (exact) mass is 533 g/mol. The van der Waals surface area contributed by atoms with Gasteiger partial charge in [0.1, 0.15) is 29.9 Å². The maximum absolute atomic E-state index is 6.31. The minimum Gasteiger partial charge on any atom is -0.438 e. The summed E-state index contributed by atoms with van der Waals surface area (Å²) in [5.74, 6) is 2.17. The van der Waals surface area contributed by atoms with E-state index >= 15 is 0 Å². The van der Waals surface area contributed by atoms with Crippen LogP contribution in [0.25, 0.3) is 21.9 Å². The minimum atomic E-state index is 0.109. The third-order valence-corrected chi connectivity index (χ3v) is 6.59. The topological polar surface area (TPSA) is 141 Å². The lowest BCUT2D eigenvalue weighted by Gasteiger charge is -2.38. The molecule has 5 aromatic rings. The highest BCUT2D eigenvalue weighted by Crippen LogP contribution is 2.38. The van der Waals surface area contributed by atoms with Crippen molar-refractivity contribution in [1.29, 1.82) is 0 Å². The number of fused-ring (bicyclic) bond motifs is 2. The number of aromatic amines is 1. The zero-order valence-corrected chi connectivity index (χ0v) is 20.2. The number of aromatic nitrogens is 7. The molecule has 6 rings (SSSR count). The summed E-state index contributed by atoms with van der Waals surface area (Å²) < 4.78 is 13.0. The molecule has 11 nitrogen and oxygen atoms in total. The SMILES string of the molecule is CCc1[nH]c2nc(Oc3cncnc3)nc(Oc3ccc4ncnc(N5CC(N)C5)c4c3)c2c1Br. The van der Waals surface area contributed by atoms with Crippen molar-refractivity contribution in [2.45, 2.75) is 19.4 Å². The third kappa shape index (κ3) is 4.00. The fourth-order valence-electron chi connectivity index (χ4n) is 4.00. The van der Waals surface area contributed by atoms with Crippen molar-refractivity contribution in [2.24, 2.45) is 5.73 Å². The molecule has 1 aliphatic heterocycles. The molecule has 12 heteroatoms. The highest BCUT2D eigenvalue weighted by molar-refractivity contribution is 9.10. The fraction of sp³-hybridized carbons (Fsp3) is 0.217. The Bertz CT molecular complexity index is 1540. The van der Waals surface area contributed by atoms with Crippen LogP contribution in [0.3, 0.4) is 0 Å². The van der Waals surface area contributed by atoms with Crippen LogP contribution in [0.1, 0.15) is 12.6 Å². The quantitative estimate of drug-likeness (QED) is 0.331. The molecule has 35 heavy (non-hydrogen) atoms.